The molecule has 3 nitrogen and oxygen atoms in total. The minimum atomic E-state index is -0.671. The van der Waals surface area contributed by atoms with E-state index in [1.165, 1.54) is 29.5 Å². The summed E-state index contributed by atoms with van der Waals surface area (Å²) in [6.07, 6.45) is 0. The van der Waals surface area contributed by atoms with E-state index in [1.807, 2.05) is 35.7 Å². The second kappa shape index (κ2) is 6.14. The Morgan fingerprint density at radius 2 is 1.72 bits per heavy atom. The van der Waals surface area contributed by atoms with Gasteiger partial charge in [-0.1, -0.05) is 18.2 Å². The lowest BCUT2D eigenvalue weighted by Crippen LogP contribution is -2.16. The number of hydrogen-bond donors (Lipinski definition) is 1. The predicted molar refractivity (Wildman–Crippen MR) is 97.1 cm³/mol. The molecule has 0 aliphatic rings. The van der Waals surface area contributed by atoms with Gasteiger partial charge in [-0.2, -0.15) is 0 Å². The Bertz CT molecular complexity index is 1120. The molecule has 124 valence electrons. The molecule has 0 aliphatic heterocycles. The summed E-state index contributed by atoms with van der Waals surface area (Å²) in [6.45, 7) is 0. The number of anilines is 2. The fourth-order valence-corrected chi connectivity index (χ4v) is 3.70. The quantitative estimate of drug-likeness (QED) is 0.557. The van der Waals surface area contributed by atoms with E-state index in [9.17, 15) is 13.6 Å². The Labute approximate surface area is 145 Å². The highest BCUT2D eigenvalue weighted by atomic mass is 32.1. The molecule has 4 rings (SSSR count). The molecule has 0 radical (unpaired) electrons. The molecular weight excluding hydrogens is 342 g/mol. The average molecular weight is 354 g/mol. The van der Waals surface area contributed by atoms with Crippen molar-refractivity contribution in [3.05, 3.63) is 88.0 Å². The number of hydrogen-bond acceptors (Lipinski definition) is 3. The van der Waals surface area contributed by atoms with Gasteiger partial charge in [0.25, 0.3) is 5.56 Å². The third-order valence-electron chi connectivity index (χ3n) is 3.84. The fourth-order valence-electron chi connectivity index (χ4n) is 2.67. The highest BCUT2D eigenvalue weighted by Crippen LogP contribution is 2.33. The summed E-state index contributed by atoms with van der Waals surface area (Å²) >= 11 is 1.38. The van der Waals surface area contributed by atoms with Crippen LogP contribution in [0.25, 0.3) is 15.9 Å². The monoisotopic (exact) mass is 354 g/mol. The summed E-state index contributed by atoms with van der Waals surface area (Å²) in [5, 5.41) is 5.57. The first-order chi connectivity index (χ1) is 12.1. The number of nitrogens with one attached hydrogen (secondary N) is 1. The van der Waals surface area contributed by atoms with Crippen LogP contribution in [0.4, 0.5) is 20.2 Å². The third-order valence-corrected chi connectivity index (χ3v) is 4.82. The van der Waals surface area contributed by atoms with Crippen LogP contribution in [0.1, 0.15) is 0 Å². The molecule has 0 spiro atoms. The van der Waals surface area contributed by atoms with Gasteiger partial charge in [-0.3, -0.25) is 9.36 Å². The maximum atomic E-state index is 13.9. The zero-order chi connectivity index (χ0) is 17.4. The molecule has 2 aromatic carbocycles. The van der Waals surface area contributed by atoms with Crippen molar-refractivity contribution in [3.63, 3.8) is 0 Å². The molecule has 0 amide bonds. The minimum absolute atomic E-state index is 0.139. The van der Waals surface area contributed by atoms with Crippen LogP contribution in [0.3, 0.4) is 0 Å². The van der Waals surface area contributed by atoms with Gasteiger partial charge in [-0.05, 0) is 30.3 Å². The molecule has 0 fully saturated rings. The number of para-hydroxylation sites is 1. The van der Waals surface area contributed by atoms with Crippen molar-refractivity contribution in [3.8, 4) is 5.69 Å². The van der Waals surface area contributed by atoms with E-state index in [0.29, 0.717) is 5.69 Å². The van der Waals surface area contributed by atoms with Gasteiger partial charge < -0.3 is 5.32 Å². The lowest BCUT2D eigenvalue weighted by molar-refractivity contribution is 0.586. The summed E-state index contributed by atoms with van der Waals surface area (Å²) in [5.41, 5.74) is 1.47. The molecule has 2 aromatic heterocycles. The lowest BCUT2D eigenvalue weighted by atomic mass is 10.2. The van der Waals surface area contributed by atoms with Crippen molar-refractivity contribution in [2.24, 2.45) is 0 Å². The number of rotatable bonds is 3. The Balaban J connectivity index is 1.84. The van der Waals surface area contributed by atoms with Crippen molar-refractivity contribution in [1.82, 2.24) is 4.57 Å². The zero-order valence-corrected chi connectivity index (χ0v) is 13.7. The first kappa shape index (κ1) is 15.5. The van der Waals surface area contributed by atoms with Crippen LogP contribution in [0.15, 0.2) is 70.8 Å². The molecule has 0 saturated carbocycles. The molecule has 6 heteroatoms. The van der Waals surface area contributed by atoms with Crippen molar-refractivity contribution in [2.45, 2.75) is 0 Å². The second-order valence-electron chi connectivity index (χ2n) is 5.46. The molecule has 0 atom stereocenters. The Kier molecular flexibility index (Phi) is 3.82. The molecule has 4 aromatic rings. The van der Waals surface area contributed by atoms with Gasteiger partial charge in [0.15, 0.2) is 0 Å². The van der Waals surface area contributed by atoms with E-state index >= 15 is 0 Å². The normalized spacial score (nSPS) is 11.0. The van der Waals surface area contributed by atoms with Gasteiger partial charge >= 0.3 is 0 Å². The average Bonchev–Trinajstić information content (AvgIpc) is 3.01. The van der Waals surface area contributed by atoms with E-state index in [4.69, 9.17) is 0 Å². The van der Waals surface area contributed by atoms with E-state index in [-0.39, 0.29) is 11.2 Å². The summed E-state index contributed by atoms with van der Waals surface area (Å²) in [5.74, 6) is -1.30. The molecule has 0 aliphatic carbocycles. The first-order valence-electron chi connectivity index (χ1n) is 7.54. The summed E-state index contributed by atoms with van der Waals surface area (Å²) in [6, 6.07) is 15.9. The van der Waals surface area contributed by atoms with E-state index in [1.54, 1.807) is 10.6 Å². The van der Waals surface area contributed by atoms with Gasteiger partial charge in [0.2, 0.25) is 0 Å². The molecule has 25 heavy (non-hydrogen) atoms. The Hall–Kier alpha value is -2.99. The van der Waals surface area contributed by atoms with E-state index in [0.717, 1.165) is 22.0 Å². The Morgan fingerprint density at radius 3 is 2.48 bits per heavy atom. The van der Waals surface area contributed by atoms with Crippen molar-refractivity contribution in [2.75, 3.05) is 5.32 Å². The van der Waals surface area contributed by atoms with Crippen LogP contribution in [0.5, 0.6) is 0 Å². The molecule has 0 saturated heterocycles. The van der Waals surface area contributed by atoms with Crippen LogP contribution in [-0.4, -0.2) is 4.57 Å². The van der Waals surface area contributed by atoms with Crippen molar-refractivity contribution in [1.29, 1.82) is 0 Å². The highest BCUT2D eigenvalue weighted by Gasteiger charge is 2.12. The maximum Gasteiger partial charge on any atom is 0.256 e. The lowest BCUT2D eigenvalue weighted by Gasteiger charge is -2.09. The van der Waals surface area contributed by atoms with Gasteiger partial charge in [0.05, 0.1) is 17.1 Å². The van der Waals surface area contributed by atoms with Gasteiger partial charge in [0.1, 0.15) is 16.5 Å². The van der Waals surface area contributed by atoms with Crippen LogP contribution in [0, 0.1) is 11.6 Å². The summed E-state index contributed by atoms with van der Waals surface area (Å²) < 4.78 is 28.6. The smallest absolute Gasteiger partial charge is 0.256 e. The maximum absolute atomic E-state index is 13.9. The highest BCUT2D eigenvalue weighted by molar-refractivity contribution is 7.17. The van der Waals surface area contributed by atoms with Crippen LogP contribution < -0.4 is 10.9 Å². The standard InChI is InChI=1S/C19H12F2N2OS/c20-12-6-8-16(15(21)10-12)22-17-11-25-19-14(17)7-9-18(24)23(19)13-4-2-1-3-5-13/h1-11,22H. The van der Waals surface area contributed by atoms with Crippen molar-refractivity contribution >= 4 is 32.9 Å². The molecule has 2 heterocycles. The number of fused-ring (bicyclic) bond motifs is 1. The van der Waals surface area contributed by atoms with Gasteiger partial charge in [-0.15, -0.1) is 11.3 Å². The summed E-state index contributed by atoms with van der Waals surface area (Å²) in [4.78, 5) is 13.1. The van der Waals surface area contributed by atoms with E-state index < -0.39 is 11.6 Å². The fraction of sp³-hybridized carbons (Fsp3) is 0. The van der Waals surface area contributed by atoms with Crippen LogP contribution in [-0.2, 0) is 0 Å². The Morgan fingerprint density at radius 1 is 0.920 bits per heavy atom. The molecule has 0 unspecified atom stereocenters. The van der Waals surface area contributed by atoms with Crippen molar-refractivity contribution < 1.29 is 8.78 Å². The number of nitrogens with zero attached hydrogens (tertiary/aromatic N) is 1. The second-order valence-corrected chi connectivity index (χ2v) is 6.32. The predicted octanol–water partition coefficient (Wildman–Crippen LogP) is 5.07. The molecule has 1 N–H and O–H groups in total. The van der Waals surface area contributed by atoms with Crippen LogP contribution >= 0.6 is 11.3 Å². The third kappa shape index (κ3) is 2.81. The topological polar surface area (TPSA) is 34.0 Å². The van der Waals surface area contributed by atoms with E-state index in [2.05, 4.69) is 5.32 Å². The largest absolute Gasteiger partial charge is 0.352 e. The SMILES string of the molecule is O=c1ccc2c(Nc3ccc(F)cc3F)csc2n1-c1ccccc1. The minimum Gasteiger partial charge on any atom is -0.352 e. The number of pyridine rings is 1. The zero-order valence-electron chi connectivity index (χ0n) is 12.9. The number of halogens is 2. The number of thiophene rings is 1. The van der Waals surface area contributed by atoms with Gasteiger partial charge in [-0.25, -0.2) is 8.78 Å². The van der Waals surface area contributed by atoms with Gasteiger partial charge in [0, 0.05) is 22.9 Å². The number of aromatic nitrogens is 1. The first-order valence-corrected chi connectivity index (χ1v) is 8.42. The van der Waals surface area contributed by atoms with Crippen LogP contribution in [0.2, 0.25) is 0 Å². The number of benzene rings is 2. The molecule has 0 bridgehead atoms. The summed E-state index contributed by atoms with van der Waals surface area (Å²) in [7, 11) is 0. The molecular formula is C19H12F2N2OS.